The van der Waals surface area contributed by atoms with E-state index in [0.29, 0.717) is 5.92 Å². The molecule has 2 amide bonds. The highest BCUT2D eigenvalue weighted by Gasteiger charge is 2.40. The van der Waals surface area contributed by atoms with Crippen LogP contribution in [0.4, 0.5) is 4.79 Å². The molecule has 1 atom stereocenters. The van der Waals surface area contributed by atoms with E-state index in [0.717, 1.165) is 6.54 Å². The van der Waals surface area contributed by atoms with Gasteiger partial charge in [-0.05, 0) is 25.7 Å². The quantitative estimate of drug-likeness (QED) is 0.608. The molecule has 0 aromatic rings. The Morgan fingerprint density at radius 2 is 2.08 bits per heavy atom. The zero-order chi connectivity index (χ0) is 8.60. The van der Waals surface area contributed by atoms with Crippen molar-refractivity contribution >= 4 is 6.03 Å². The monoisotopic (exact) mass is 168 g/mol. The third-order valence-electron chi connectivity index (χ3n) is 3.27. The molecular formula is C9H16N2O. The van der Waals surface area contributed by atoms with Gasteiger partial charge < -0.3 is 10.6 Å². The molecule has 1 unspecified atom stereocenters. The molecule has 0 aromatic heterocycles. The molecular weight excluding hydrogens is 152 g/mol. The van der Waals surface area contributed by atoms with Crippen molar-refractivity contribution in [3.05, 3.63) is 0 Å². The topological polar surface area (TPSA) is 41.1 Å². The highest BCUT2D eigenvalue weighted by molar-refractivity contribution is 5.77. The second-order valence-corrected chi connectivity index (χ2v) is 4.21. The average Bonchev–Trinajstić information content (AvgIpc) is 2.59. The van der Waals surface area contributed by atoms with Crippen LogP contribution >= 0.6 is 0 Å². The van der Waals surface area contributed by atoms with Gasteiger partial charge in [0.05, 0.1) is 5.54 Å². The number of nitrogens with one attached hydrogen (secondary N) is 2. The van der Waals surface area contributed by atoms with Gasteiger partial charge in [-0.25, -0.2) is 4.79 Å². The Bertz CT molecular complexity index is 199. The number of carbonyl (C=O) groups excluding carboxylic acids is 1. The molecule has 2 aliphatic rings. The van der Waals surface area contributed by atoms with Crippen molar-refractivity contribution in [3.8, 4) is 0 Å². The van der Waals surface area contributed by atoms with Gasteiger partial charge in [0.15, 0.2) is 0 Å². The molecule has 3 heteroatoms. The fourth-order valence-corrected chi connectivity index (χ4v) is 2.42. The summed E-state index contributed by atoms with van der Waals surface area (Å²) in [7, 11) is 0. The summed E-state index contributed by atoms with van der Waals surface area (Å²) in [4.78, 5) is 11.0. The standard InChI is InChI=1S/C9H16N2O/c1-9(6-10-8(12)11-9)7-4-2-3-5-7/h7H,2-6H2,1H3,(H2,10,11,12). The fourth-order valence-electron chi connectivity index (χ4n) is 2.42. The maximum Gasteiger partial charge on any atom is 0.315 e. The van der Waals surface area contributed by atoms with Crippen molar-refractivity contribution in [3.63, 3.8) is 0 Å². The molecule has 1 heterocycles. The molecule has 0 radical (unpaired) electrons. The highest BCUT2D eigenvalue weighted by Crippen LogP contribution is 2.34. The fraction of sp³-hybridized carbons (Fsp3) is 0.889. The molecule has 0 spiro atoms. The Hall–Kier alpha value is -0.730. The lowest BCUT2D eigenvalue weighted by atomic mass is 9.85. The first-order valence-electron chi connectivity index (χ1n) is 4.77. The number of hydrogen-bond donors (Lipinski definition) is 2. The molecule has 0 aromatic carbocycles. The second-order valence-electron chi connectivity index (χ2n) is 4.21. The van der Waals surface area contributed by atoms with Crippen molar-refractivity contribution < 1.29 is 4.79 Å². The van der Waals surface area contributed by atoms with Crippen molar-refractivity contribution in [1.82, 2.24) is 10.6 Å². The second kappa shape index (κ2) is 2.64. The average molecular weight is 168 g/mol. The lowest BCUT2D eigenvalue weighted by Gasteiger charge is -2.29. The van der Waals surface area contributed by atoms with Gasteiger partial charge in [-0.2, -0.15) is 0 Å². The van der Waals surface area contributed by atoms with Crippen LogP contribution in [-0.4, -0.2) is 18.1 Å². The summed E-state index contributed by atoms with van der Waals surface area (Å²) in [6, 6.07) is 0.00407. The van der Waals surface area contributed by atoms with Gasteiger partial charge in [-0.15, -0.1) is 0 Å². The zero-order valence-electron chi connectivity index (χ0n) is 7.52. The third-order valence-corrected chi connectivity index (χ3v) is 3.27. The highest BCUT2D eigenvalue weighted by atomic mass is 16.2. The molecule has 1 saturated heterocycles. The number of urea groups is 1. The minimum Gasteiger partial charge on any atom is -0.336 e. The first-order valence-corrected chi connectivity index (χ1v) is 4.77. The van der Waals surface area contributed by atoms with Gasteiger partial charge >= 0.3 is 6.03 Å². The van der Waals surface area contributed by atoms with Gasteiger partial charge in [-0.1, -0.05) is 12.8 Å². The summed E-state index contributed by atoms with van der Waals surface area (Å²) >= 11 is 0. The molecule has 1 aliphatic carbocycles. The Morgan fingerprint density at radius 3 is 2.58 bits per heavy atom. The van der Waals surface area contributed by atoms with Gasteiger partial charge in [0.1, 0.15) is 0 Å². The molecule has 68 valence electrons. The van der Waals surface area contributed by atoms with Gasteiger partial charge in [0.2, 0.25) is 0 Å². The van der Waals surface area contributed by atoms with E-state index in [4.69, 9.17) is 0 Å². The maximum absolute atomic E-state index is 11.0. The Labute approximate surface area is 72.9 Å². The van der Waals surface area contributed by atoms with Crippen LogP contribution in [0, 0.1) is 5.92 Å². The summed E-state index contributed by atoms with van der Waals surface area (Å²) in [6.45, 7) is 2.96. The largest absolute Gasteiger partial charge is 0.336 e. The maximum atomic E-state index is 11.0. The van der Waals surface area contributed by atoms with Gasteiger partial charge in [-0.3, -0.25) is 0 Å². The predicted octanol–water partition coefficient (Wildman–Crippen LogP) is 1.25. The van der Waals surface area contributed by atoms with Crippen molar-refractivity contribution in [2.24, 2.45) is 5.92 Å². The van der Waals surface area contributed by atoms with E-state index in [9.17, 15) is 4.79 Å². The summed E-state index contributed by atoms with van der Waals surface area (Å²) < 4.78 is 0. The summed E-state index contributed by atoms with van der Waals surface area (Å²) in [5.41, 5.74) is 0.0353. The molecule has 2 N–H and O–H groups in total. The zero-order valence-corrected chi connectivity index (χ0v) is 7.52. The Morgan fingerprint density at radius 1 is 1.42 bits per heavy atom. The minimum absolute atomic E-state index is 0.00407. The molecule has 1 aliphatic heterocycles. The van der Waals surface area contributed by atoms with Crippen molar-refractivity contribution in [2.75, 3.05) is 6.54 Å². The van der Waals surface area contributed by atoms with E-state index in [1.165, 1.54) is 25.7 Å². The molecule has 2 rings (SSSR count). The van der Waals surface area contributed by atoms with E-state index in [1.54, 1.807) is 0 Å². The Kier molecular flexibility index (Phi) is 1.74. The van der Waals surface area contributed by atoms with Crippen LogP contribution in [0.15, 0.2) is 0 Å². The number of amides is 2. The van der Waals surface area contributed by atoms with E-state index in [-0.39, 0.29) is 11.6 Å². The smallest absolute Gasteiger partial charge is 0.315 e. The lowest BCUT2D eigenvalue weighted by Crippen LogP contribution is -2.46. The summed E-state index contributed by atoms with van der Waals surface area (Å²) in [5.74, 6) is 0.691. The SMILES string of the molecule is CC1(C2CCCC2)CNC(=O)N1. The lowest BCUT2D eigenvalue weighted by molar-refractivity contribution is 0.236. The molecule has 2 fully saturated rings. The number of hydrogen-bond acceptors (Lipinski definition) is 1. The van der Waals surface area contributed by atoms with Crippen LogP contribution in [0.1, 0.15) is 32.6 Å². The molecule has 0 bridgehead atoms. The van der Waals surface area contributed by atoms with Crippen LogP contribution in [0.25, 0.3) is 0 Å². The van der Waals surface area contributed by atoms with Crippen molar-refractivity contribution in [1.29, 1.82) is 0 Å². The third kappa shape index (κ3) is 1.17. The van der Waals surface area contributed by atoms with Gasteiger partial charge in [0, 0.05) is 6.54 Å². The number of carbonyl (C=O) groups is 1. The van der Waals surface area contributed by atoms with E-state index < -0.39 is 0 Å². The van der Waals surface area contributed by atoms with Crippen LogP contribution in [0.2, 0.25) is 0 Å². The number of rotatable bonds is 1. The van der Waals surface area contributed by atoms with Gasteiger partial charge in [0.25, 0.3) is 0 Å². The van der Waals surface area contributed by atoms with E-state index >= 15 is 0 Å². The van der Waals surface area contributed by atoms with E-state index in [1.807, 2.05) is 0 Å². The molecule has 12 heavy (non-hydrogen) atoms. The normalized spacial score (nSPS) is 36.6. The van der Waals surface area contributed by atoms with Crippen LogP contribution < -0.4 is 10.6 Å². The summed E-state index contributed by atoms with van der Waals surface area (Å²) in [5, 5.41) is 5.86. The minimum atomic E-state index is 0.00407. The first kappa shape index (κ1) is 7.90. The Balaban J connectivity index is 2.05. The van der Waals surface area contributed by atoms with E-state index in [2.05, 4.69) is 17.6 Å². The molecule has 1 saturated carbocycles. The van der Waals surface area contributed by atoms with Crippen molar-refractivity contribution in [2.45, 2.75) is 38.1 Å². The summed E-state index contributed by atoms with van der Waals surface area (Å²) in [6.07, 6.45) is 5.21. The van der Waals surface area contributed by atoms with Crippen LogP contribution in [-0.2, 0) is 0 Å². The predicted molar refractivity (Wildman–Crippen MR) is 46.9 cm³/mol. The van der Waals surface area contributed by atoms with Crippen LogP contribution in [0.3, 0.4) is 0 Å². The first-order chi connectivity index (χ1) is 5.71. The molecule has 3 nitrogen and oxygen atoms in total. The van der Waals surface area contributed by atoms with Crippen LogP contribution in [0.5, 0.6) is 0 Å².